The summed E-state index contributed by atoms with van der Waals surface area (Å²) in [6.45, 7) is 1.43. The Balaban J connectivity index is 1.72. The molecule has 140 valence electrons. The normalized spacial score (nSPS) is 13.0. The molecule has 27 heavy (non-hydrogen) atoms. The molecule has 2 aromatic carbocycles. The van der Waals surface area contributed by atoms with Crippen molar-refractivity contribution in [1.82, 2.24) is 0 Å². The van der Waals surface area contributed by atoms with E-state index in [4.69, 9.17) is 4.74 Å². The molecule has 0 radical (unpaired) electrons. The third kappa shape index (κ3) is 3.94. The van der Waals surface area contributed by atoms with Crippen LogP contribution in [0.2, 0.25) is 0 Å². The fourth-order valence-electron chi connectivity index (χ4n) is 3.05. The van der Waals surface area contributed by atoms with E-state index in [1.165, 1.54) is 36.1 Å². The minimum absolute atomic E-state index is 0.0136. The molecule has 1 aliphatic heterocycles. The van der Waals surface area contributed by atoms with Gasteiger partial charge in [-0.3, -0.25) is 19.7 Å². The number of hydrogen-bond acceptors (Lipinski definition) is 5. The number of Topliss-reactive ketones (excluding diaryl/α,β-unsaturated/α-hetero) is 1. The zero-order valence-corrected chi connectivity index (χ0v) is 14.6. The number of halogens is 1. The highest BCUT2D eigenvalue weighted by atomic mass is 19.1. The van der Waals surface area contributed by atoms with Crippen molar-refractivity contribution in [1.29, 1.82) is 0 Å². The fourth-order valence-corrected chi connectivity index (χ4v) is 3.05. The van der Waals surface area contributed by atoms with Crippen LogP contribution in [0.25, 0.3) is 0 Å². The Morgan fingerprint density at radius 2 is 2.04 bits per heavy atom. The van der Waals surface area contributed by atoms with E-state index in [1.807, 2.05) is 0 Å². The largest absolute Gasteiger partial charge is 0.484 e. The average molecular weight is 372 g/mol. The van der Waals surface area contributed by atoms with Crippen LogP contribution in [0.3, 0.4) is 0 Å². The van der Waals surface area contributed by atoms with Gasteiger partial charge in [0.25, 0.3) is 11.6 Å². The van der Waals surface area contributed by atoms with Crippen LogP contribution in [0.4, 0.5) is 15.8 Å². The molecule has 7 nitrogen and oxygen atoms in total. The molecule has 8 heteroatoms. The number of nitro benzene ring substituents is 1. The second kappa shape index (κ2) is 7.53. The number of ketones is 1. The van der Waals surface area contributed by atoms with E-state index >= 15 is 0 Å². The summed E-state index contributed by atoms with van der Waals surface area (Å²) in [5.74, 6) is -1.29. The molecule has 1 amide bonds. The molecule has 2 aromatic rings. The number of nitro groups is 1. The van der Waals surface area contributed by atoms with Crippen LogP contribution in [0.15, 0.2) is 36.4 Å². The van der Waals surface area contributed by atoms with E-state index < -0.39 is 16.5 Å². The van der Waals surface area contributed by atoms with E-state index in [-0.39, 0.29) is 29.5 Å². The highest BCUT2D eigenvalue weighted by Gasteiger charge is 2.24. The highest BCUT2D eigenvalue weighted by molar-refractivity contribution is 5.96. The van der Waals surface area contributed by atoms with Gasteiger partial charge in [0.2, 0.25) is 0 Å². The van der Waals surface area contributed by atoms with Gasteiger partial charge in [0.1, 0.15) is 11.6 Å². The maximum atomic E-state index is 13.8. The minimum Gasteiger partial charge on any atom is -0.484 e. The predicted octanol–water partition coefficient (Wildman–Crippen LogP) is 3.29. The molecule has 0 unspecified atom stereocenters. The number of anilines is 1. The Morgan fingerprint density at radius 1 is 1.26 bits per heavy atom. The van der Waals surface area contributed by atoms with E-state index in [9.17, 15) is 24.1 Å². The Kier molecular flexibility index (Phi) is 5.16. The van der Waals surface area contributed by atoms with Crippen LogP contribution in [0.1, 0.15) is 29.3 Å². The van der Waals surface area contributed by atoms with Gasteiger partial charge in [0, 0.05) is 30.4 Å². The molecule has 1 heterocycles. The summed E-state index contributed by atoms with van der Waals surface area (Å²) in [6, 6.07) is 8.21. The maximum absolute atomic E-state index is 13.8. The summed E-state index contributed by atoms with van der Waals surface area (Å²) in [7, 11) is 0. The van der Waals surface area contributed by atoms with E-state index in [1.54, 1.807) is 6.07 Å². The Labute approximate surface area is 154 Å². The molecule has 0 N–H and O–H groups in total. The molecule has 0 aromatic heterocycles. The summed E-state index contributed by atoms with van der Waals surface area (Å²) >= 11 is 0. The standard InChI is InChI=1S/C19H17FN2O5/c1-12(23)16-6-5-15(10-17(16)20)27-11-19(24)21-8-2-3-13-9-14(22(25)26)4-7-18(13)21/h4-7,9-10H,2-3,8,11H2,1H3. The van der Waals surface area contributed by atoms with Gasteiger partial charge < -0.3 is 9.64 Å². The third-order valence-corrected chi connectivity index (χ3v) is 4.38. The second-order valence-electron chi connectivity index (χ2n) is 6.21. The molecule has 0 spiro atoms. The number of benzene rings is 2. The monoisotopic (exact) mass is 372 g/mol. The first-order chi connectivity index (χ1) is 12.9. The first kappa shape index (κ1) is 18.5. The summed E-state index contributed by atoms with van der Waals surface area (Å²) < 4.78 is 19.2. The molecule has 0 saturated carbocycles. The summed E-state index contributed by atoms with van der Waals surface area (Å²) in [4.78, 5) is 35.7. The number of non-ortho nitro benzene ring substituents is 1. The van der Waals surface area contributed by atoms with Crippen molar-refractivity contribution in [2.45, 2.75) is 19.8 Å². The quantitative estimate of drug-likeness (QED) is 0.456. The SMILES string of the molecule is CC(=O)c1ccc(OCC(=O)N2CCCc3cc([N+](=O)[O-])ccc32)cc1F. The number of rotatable bonds is 5. The number of aryl methyl sites for hydroxylation is 1. The molecular formula is C19H17FN2O5. The summed E-state index contributed by atoms with van der Waals surface area (Å²) in [6.07, 6.45) is 1.33. The highest BCUT2D eigenvalue weighted by Crippen LogP contribution is 2.30. The van der Waals surface area contributed by atoms with Crippen molar-refractivity contribution in [3.05, 3.63) is 63.5 Å². The van der Waals surface area contributed by atoms with E-state index in [0.717, 1.165) is 11.6 Å². The van der Waals surface area contributed by atoms with Gasteiger partial charge in [0.05, 0.1) is 10.5 Å². The Bertz CT molecular complexity index is 928. The average Bonchev–Trinajstić information content (AvgIpc) is 2.64. The zero-order chi connectivity index (χ0) is 19.6. The molecule has 1 aliphatic rings. The van der Waals surface area contributed by atoms with Crippen molar-refractivity contribution < 1.29 is 23.6 Å². The minimum atomic E-state index is -0.705. The number of carbonyl (C=O) groups is 2. The number of nitrogens with zero attached hydrogens (tertiary/aromatic N) is 2. The number of fused-ring (bicyclic) bond motifs is 1. The molecule has 0 atom stereocenters. The second-order valence-corrected chi connectivity index (χ2v) is 6.21. The Hall–Kier alpha value is -3.29. The Morgan fingerprint density at radius 3 is 2.70 bits per heavy atom. The molecular weight excluding hydrogens is 355 g/mol. The van der Waals surface area contributed by atoms with Crippen molar-refractivity contribution in [2.24, 2.45) is 0 Å². The molecule has 0 aliphatic carbocycles. The van der Waals surface area contributed by atoms with Crippen LogP contribution >= 0.6 is 0 Å². The van der Waals surface area contributed by atoms with Gasteiger partial charge >= 0.3 is 0 Å². The topological polar surface area (TPSA) is 89.8 Å². The van der Waals surface area contributed by atoms with E-state index in [0.29, 0.717) is 25.1 Å². The van der Waals surface area contributed by atoms with Crippen LogP contribution in [0, 0.1) is 15.9 Å². The molecule has 0 saturated heterocycles. The van der Waals surface area contributed by atoms with Crippen LogP contribution < -0.4 is 9.64 Å². The lowest BCUT2D eigenvalue weighted by Crippen LogP contribution is -2.38. The number of hydrogen-bond donors (Lipinski definition) is 0. The third-order valence-electron chi connectivity index (χ3n) is 4.38. The van der Waals surface area contributed by atoms with Crippen LogP contribution in [-0.4, -0.2) is 29.8 Å². The number of ether oxygens (including phenoxy) is 1. The smallest absolute Gasteiger partial charge is 0.269 e. The number of carbonyl (C=O) groups excluding carboxylic acids is 2. The van der Waals surface area contributed by atoms with Crippen LogP contribution in [-0.2, 0) is 11.2 Å². The van der Waals surface area contributed by atoms with Gasteiger partial charge in [-0.25, -0.2) is 4.39 Å². The lowest BCUT2D eigenvalue weighted by Gasteiger charge is -2.29. The number of amides is 1. The van der Waals surface area contributed by atoms with Crippen molar-refractivity contribution in [2.75, 3.05) is 18.1 Å². The molecule has 0 bridgehead atoms. The first-order valence-electron chi connectivity index (χ1n) is 8.38. The van der Waals surface area contributed by atoms with Gasteiger partial charge in [-0.05, 0) is 43.5 Å². The van der Waals surface area contributed by atoms with Crippen molar-refractivity contribution in [3.63, 3.8) is 0 Å². The van der Waals surface area contributed by atoms with Crippen molar-refractivity contribution in [3.8, 4) is 5.75 Å². The van der Waals surface area contributed by atoms with Crippen LogP contribution in [0.5, 0.6) is 5.75 Å². The predicted molar refractivity (Wildman–Crippen MR) is 95.7 cm³/mol. The fraction of sp³-hybridized carbons (Fsp3) is 0.263. The van der Waals surface area contributed by atoms with Crippen molar-refractivity contribution >= 4 is 23.1 Å². The lowest BCUT2D eigenvalue weighted by atomic mass is 10.0. The van der Waals surface area contributed by atoms with Gasteiger partial charge in [-0.2, -0.15) is 0 Å². The zero-order valence-electron chi connectivity index (χ0n) is 14.6. The first-order valence-corrected chi connectivity index (χ1v) is 8.38. The van der Waals surface area contributed by atoms with Gasteiger partial charge in [0.15, 0.2) is 12.4 Å². The summed E-state index contributed by atoms with van der Waals surface area (Å²) in [5, 5.41) is 10.9. The van der Waals surface area contributed by atoms with E-state index in [2.05, 4.69) is 0 Å². The summed E-state index contributed by atoms with van der Waals surface area (Å²) in [5.41, 5.74) is 1.31. The maximum Gasteiger partial charge on any atom is 0.269 e. The molecule has 0 fully saturated rings. The van der Waals surface area contributed by atoms with Gasteiger partial charge in [-0.1, -0.05) is 0 Å². The van der Waals surface area contributed by atoms with Gasteiger partial charge in [-0.15, -0.1) is 0 Å². The lowest BCUT2D eigenvalue weighted by molar-refractivity contribution is -0.384. The molecule has 3 rings (SSSR count).